The Bertz CT molecular complexity index is 467. The van der Waals surface area contributed by atoms with Crippen molar-refractivity contribution >= 4 is 21.7 Å². The number of hydrogen-bond acceptors (Lipinski definition) is 3. The van der Waals surface area contributed by atoms with Crippen molar-refractivity contribution in [2.45, 2.75) is 19.9 Å². The number of anilines is 1. The zero-order chi connectivity index (χ0) is 12.1. The van der Waals surface area contributed by atoms with Gasteiger partial charge in [-0.2, -0.15) is 0 Å². The van der Waals surface area contributed by atoms with E-state index in [1.165, 1.54) is 0 Å². The molecule has 90 valence electrons. The van der Waals surface area contributed by atoms with Gasteiger partial charge in [-0.05, 0) is 40.9 Å². The Kier molecular flexibility index (Phi) is 4.14. The quantitative estimate of drug-likeness (QED) is 0.863. The van der Waals surface area contributed by atoms with Crippen molar-refractivity contribution in [1.29, 1.82) is 0 Å². The van der Waals surface area contributed by atoms with E-state index >= 15 is 0 Å². The van der Waals surface area contributed by atoms with E-state index in [2.05, 4.69) is 41.8 Å². The van der Waals surface area contributed by atoms with E-state index in [0.29, 0.717) is 0 Å². The SMILES string of the molecule is Cc1cnc(NCCCn2ccnc2)c(Br)c1. The summed E-state index contributed by atoms with van der Waals surface area (Å²) in [5, 5.41) is 3.31. The first-order chi connectivity index (χ1) is 8.25. The summed E-state index contributed by atoms with van der Waals surface area (Å²) in [6.07, 6.45) is 8.51. The largest absolute Gasteiger partial charge is 0.369 e. The second-order valence-corrected chi connectivity index (χ2v) is 4.78. The number of imidazole rings is 1. The van der Waals surface area contributed by atoms with Gasteiger partial charge in [0.05, 0.1) is 10.8 Å². The Balaban J connectivity index is 1.78. The van der Waals surface area contributed by atoms with Gasteiger partial charge in [0.1, 0.15) is 5.82 Å². The summed E-state index contributed by atoms with van der Waals surface area (Å²) in [6, 6.07) is 2.06. The van der Waals surface area contributed by atoms with Gasteiger partial charge in [-0.15, -0.1) is 0 Å². The molecule has 2 rings (SSSR count). The number of rotatable bonds is 5. The monoisotopic (exact) mass is 294 g/mol. The minimum absolute atomic E-state index is 0.896. The van der Waals surface area contributed by atoms with Crippen LogP contribution in [0.15, 0.2) is 35.5 Å². The third kappa shape index (κ3) is 3.56. The molecule has 0 aliphatic carbocycles. The lowest BCUT2D eigenvalue weighted by atomic mass is 10.3. The highest BCUT2D eigenvalue weighted by atomic mass is 79.9. The van der Waals surface area contributed by atoms with Crippen molar-refractivity contribution in [3.8, 4) is 0 Å². The fourth-order valence-electron chi connectivity index (χ4n) is 1.55. The molecular formula is C12H15BrN4. The van der Waals surface area contributed by atoms with E-state index in [1.54, 1.807) is 6.20 Å². The van der Waals surface area contributed by atoms with Crippen molar-refractivity contribution in [3.05, 3.63) is 41.0 Å². The minimum atomic E-state index is 0.896. The molecule has 17 heavy (non-hydrogen) atoms. The fourth-order valence-corrected chi connectivity index (χ4v) is 2.15. The normalized spacial score (nSPS) is 10.5. The molecule has 4 nitrogen and oxygen atoms in total. The zero-order valence-electron chi connectivity index (χ0n) is 9.73. The predicted molar refractivity (Wildman–Crippen MR) is 72.0 cm³/mol. The lowest BCUT2D eigenvalue weighted by molar-refractivity contribution is 0.660. The van der Waals surface area contributed by atoms with Gasteiger partial charge in [-0.25, -0.2) is 9.97 Å². The van der Waals surface area contributed by atoms with Gasteiger partial charge in [0.25, 0.3) is 0 Å². The minimum Gasteiger partial charge on any atom is -0.369 e. The van der Waals surface area contributed by atoms with Crippen LogP contribution in [0, 0.1) is 6.92 Å². The van der Waals surface area contributed by atoms with E-state index in [0.717, 1.165) is 35.4 Å². The lowest BCUT2D eigenvalue weighted by Crippen LogP contribution is -2.07. The molecule has 2 aromatic rings. The van der Waals surface area contributed by atoms with Gasteiger partial charge >= 0.3 is 0 Å². The highest BCUT2D eigenvalue weighted by molar-refractivity contribution is 9.10. The number of aromatic nitrogens is 3. The highest BCUT2D eigenvalue weighted by Crippen LogP contribution is 2.20. The predicted octanol–water partition coefficient (Wildman–Crippen LogP) is 2.85. The summed E-state index contributed by atoms with van der Waals surface area (Å²) < 4.78 is 3.08. The maximum atomic E-state index is 4.34. The van der Waals surface area contributed by atoms with Crippen LogP contribution in [0.4, 0.5) is 5.82 Å². The van der Waals surface area contributed by atoms with E-state index in [1.807, 2.05) is 25.6 Å². The van der Waals surface area contributed by atoms with Gasteiger partial charge in [-0.1, -0.05) is 0 Å². The van der Waals surface area contributed by atoms with Crippen molar-refractivity contribution in [2.24, 2.45) is 0 Å². The molecule has 0 aromatic carbocycles. The average molecular weight is 295 g/mol. The van der Waals surface area contributed by atoms with Crippen LogP contribution >= 0.6 is 15.9 Å². The third-order valence-corrected chi connectivity index (χ3v) is 3.03. The topological polar surface area (TPSA) is 42.7 Å². The Hall–Kier alpha value is -1.36. The Morgan fingerprint density at radius 3 is 3.06 bits per heavy atom. The molecule has 2 aromatic heterocycles. The van der Waals surface area contributed by atoms with Crippen LogP contribution < -0.4 is 5.32 Å². The molecule has 0 saturated carbocycles. The number of aryl methyl sites for hydroxylation is 2. The first-order valence-corrected chi connectivity index (χ1v) is 6.37. The molecule has 0 aliphatic rings. The van der Waals surface area contributed by atoms with Crippen LogP contribution in [0.1, 0.15) is 12.0 Å². The number of nitrogens with one attached hydrogen (secondary N) is 1. The summed E-state index contributed by atoms with van der Waals surface area (Å²) in [7, 11) is 0. The molecule has 0 radical (unpaired) electrons. The molecule has 1 N–H and O–H groups in total. The smallest absolute Gasteiger partial charge is 0.140 e. The van der Waals surface area contributed by atoms with Crippen LogP contribution in [-0.2, 0) is 6.54 Å². The maximum absolute atomic E-state index is 4.34. The molecule has 5 heteroatoms. The van der Waals surface area contributed by atoms with Crippen molar-refractivity contribution in [3.63, 3.8) is 0 Å². The van der Waals surface area contributed by atoms with Crippen molar-refractivity contribution < 1.29 is 0 Å². The van der Waals surface area contributed by atoms with Crippen molar-refractivity contribution in [1.82, 2.24) is 14.5 Å². The standard InChI is InChI=1S/C12H15BrN4/c1-10-7-11(13)12(16-8-10)15-3-2-5-17-6-4-14-9-17/h4,6-9H,2-3,5H2,1H3,(H,15,16). The highest BCUT2D eigenvalue weighted by Gasteiger charge is 2.00. The van der Waals surface area contributed by atoms with Gasteiger partial charge in [-0.3, -0.25) is 0 Å². The Labute approximate surface area is 109 Å². The molecule has 0 aliphatic heterocycles. The molecule has 2 heterocycles. The Morgan fingerprint density at radius 2 is 2.35 bits per heavy atom. The van der Waals surface area contributed by atoms with Gasteiger partial charge in [0.15, 0.2) is 0 Å². The second kappa shape index (κ2) is 5.82. The summed E-state index contributed by atoms with van der Waals surface area (Å²) in [5.74, 6) is 0.904. The average Bonchev–Trinajstić information content (AvgIpc) is 2.79. The van der Waals surface area contributed by atoms with Crippen molar-refractivity contribution in [2.75, 3.05) is 11.9 Å². The molecule has 0 fully saturated rings. The van der Waals surface area contributed by atoms with Gasteiger partial charge in [0, 0.05) is 31.7 Å². The number of pyridine rings is 1. The fraction of sp³-hybridized carbons (Fsp3) is 0.333. The molecule has 0 spiro atoms. The van der Waals surface area contributed by atoms with Crippen LogP contribution in [-0.4, -0.2) is 21.1 Å². The first kappa shape index (κ1) is 12.1. The van der Waals surface area contributed by atoms with E-state index < -0.39 is 0 Å². The first-order valence-electron chi connectivity index (χ1n) is 5.57. The molecule has 0 amide bonds. The van der Waals surface area contributed by atoms with Gasteiger partial charge < -0.3 is 9.88 Å². The summed E-state index contributed by atoms with van der Waals surface area (Å²) in [5.41, 5.74) is 1.15. The molecule has 0 unspecified atom stereocenters. The van der Waals surface area contributed by atoms with Crippen LogP contribution in [0.2, 0.25) is 0 Å². The third-order valence-electron chi connectivity index (χ3n) is 2.42. The summed E-state index contributed by atoms with van der Waals surface area (Å²) >= 11 is 3.50. The number of halogens is 1. The maximum Gasteiger partial charge on any atom is 0.140 e. The summed E-state index contributed by atoms with van der Waals surface area (Å²) in [6.45, 7) is 3.89. The van der Waals surface area contributed by atoms with Crippen LogP contribution in [0.3, 0.4) is 0 Å². The summed E-state index contributed by atoms with van der Waals surface area (Å²) in [4.78, 5) is 8.34. The molecule has 0 bridgehead atoms. The number of nitrogens with zero attached hydrogens (tertiary/aromatic N) is 3. The second-order valence-electron chi connectivity index (χ2n) is 3.92. The molecular weight excluding hydrogens is 280 g/mol. The molecule has 0 atom stereocenters. The van der Waals surface area contributed by atoms with Crippen LogP contribution in [0.25, 0.3) is 0 Å². The van der Waals surface area contributed by atoms with E-state index in [4.69, 9.17) is 0 Å². The lowest BCUT2D eigenvalue weighted by Gasteiger charge is -2.08. The van der Waals surface area contributed by atoms with E-state index in [9.17, 15) is 0 Å². The number of hydrogen-bond donors (Lipinski definition) is 1. The zero-order valence-corrected chi connectivity index (χ0v) is 11.3. The van der Waals surface area contributed by atoms with Crippen LogP contribution in [0.5, 0.6) is 0 Å². The Morgan fingerprint density at radius 1 is 1.47 bits per heavy atom. The van der Waals surface area contributed by atoms with E-state index in [-0.39, 0.29) is 0 Å². The molecule has 0 saturated heterocycles. The van der Waals surface area contributed by atoms with Gasteiger partial charge in [0.2, 0.25) is 0 Å².